The monoisotopic (exact) mass is 277 g/mol. The summed E-state index contributed by atoms with van der Waals surface area (Å²) in [5, 5.41) is 0. The number of rotatable bonds is 3. The molecule has 2 heterocycles. The molecule has 1 unspecified atom stereocenters. The Hall–Kier alpha value is -1.13. The van der Waals surface area contributed by atoms with Crippen molar-refractivity contribution in [2.75, 3.05) is 18.0 Å². The van der Waals surface area contributed by atoms with Gasteiger partial charge in [0, 0.05) is 25.3 Å². The van der Waals surface area contributed by atoms with Crippen molar-refractivity contribution in [3.63, 3.8) is 0 Å². The highest BCUT2D eigenvalue weighted by Gasteiger charge is 2.39. The molecule has 0 spiro atoms. The summed E-state index contributed by atoms with van der Waals surface area (Å²) in [6.07, 6.45) is 2.71. The van der Waals surface area contributed by atoms with E-state index in [9.17, 15) is 0 Å². The summed E-state index contributed by atoms with van der Waals surface area (Å²) in [5.41, 5.74) is 6.83. The maximum Gasteiger partial charge on any atom is 0.131 e. The van der Waals surface area contributed by atoms with Crippen LogP contribution in [0.25, 0.3) is 0 Å². The number of hydrogen-bond donors (Lipinski definition) is 1. The van der Waals surface area contributed by atoms with Crippen LogP contribution in [0, 0.1) is 0 Å². The lowest BCUT2D eigenvalue weighted by Gasteiger charge is -2.48. The van der Waals surface area contributed by atoms with Gasteiger partial charge in [0.05, 0.1) is 11.2 Å². The Morgan fingerprint density at radius 2 is 1.90 bits per heavy atom. The number of nitrogens with zero attached hydrogens (tertiary/aromatic N) is 2. The van der Waals surface area contributed by atoms with E-state index in [0.29, 0.717) is 0 Å². The molecular formula is C16H27N3O. The van der Waals surface area contributed by atoms with Crippen LogP contribution in [0.1, 0.15) is 40.2 Å². The van der Waals surface area contributed by atoms with Gasteiger partial charge in [0.1, 0.15) is 5.82 Å². The van der Waals surface area contributed by atoms with Crippen molar-refractivity contribution in [3.8, 4) is 0 Å². The molecule has 2 rings (SSSR count). The van der Waals surface area contributed by atoms with Gasteiger partial charge >= 0.3 is 0 Å². The Morgan fingerprint density at radius 3 is 2.45 bits per heavy atom. The van der Waals surface area contributed by atoms with Gasteiger partial charge in [0.2, 0.25) is 0 Å². The van der Waals surface area contributed by atoms with Gasteiger partial charge in [-0.15, -0.1) is 0 Å². The van der Waals surface area contributed by atoms with Gasteiger partial charge in [0.15, 0.2) is 0 Å². The quantitative estimate of drug-likeness (QED) is 0.921. The van der Waals surface area contributed by atoms with E-state index >= 15 is 0 Å². The first-order valence-corrected chi connectivity index (χ1v) is 7.33. The maximum atomic E-state index is 6.14. The SMILES string of the molecule is CC(N)Cc1cccnc1N1CC(C)(C)OC(C)(C)C1. The van der Waals surface area contributed by atoms with Gasteiger partial charge in [-0.05, 0) is 52.7 Å². The largest absolute Gasteiger partial charge is 0.366 e. The number of aromatic nitrogens is 1. The smallest absolute Gasteiger partial charge is 0.131 e. The lowest BCUT2D eigenvalue weighted by Crippen LogP contribution is -2.57. The molecule has 20 heavy (non-hydrogen) atoms. The molecule has 1 aromatic heterocycles. The number of nitrogens with two attached hydrogens (primary N) is 1. The second kappa shape index (κ2) is 5.34. The Kier molecular flexibility index (Phi) is 4.07. The molecule has 1 aliphatic heterocycles. The number of pyridine rings is 1. The standard InChI is InChI=1S/C16H27N3O/c1-12(17)9-13-7-6-8-18-14(13)19-10-15(2,3)20-16(4,5)11-19/h6-8,12H,9-11,17H2,1-5H3. The number of hydrogen-bond acceptors (Lipinski definition) is 4. The molecular weight excluding hydrogens is 250 g/mol. The molecule has 4 heteroatoms. The van der Waals surface area contributed by atoms with Crippen LogP contribution in [-0.2, 0) is 11.2 Å². The summed E-state index contributed by atoms with van der Waals surface area (Å²) in [4.78, 5) is 6.94. The summed E-state index contributed by atoms with van der Waals surface area (Å²) in [7, 11) is 0. The van der Waals surface area contributed by atoms with E-state index in [-0.39, 0.29) is 17.2 Å². The van der Waals surface area contributed by atoms with Gasteiger partial charge in [0.25, 0.3) is 0 Å². The van der Waals surface area contributed by atoms with E-state index in [0.717, 1.165) is 25.3 Å². The Morgan fingerprint density at radius 1 is 1.30 bits per heavy atom. The summed E-state index contributed by atoms with van der Waals surface area (Å²) < 4.78 is 6.14. The highest BCUT2D eigenvalue weighted by atomic mass is 16.5. The van der Waals surface area contributed by atoms with Crippen LogP contribution < -0.4 is 10.6 Å². The van der Waals surface area contributed by atoms with Crippen molar-refractivity contribution in [1.29, 1.82) is 0 Å². The summed E-state index contributed by atoms with van der Waals surface area (Å²) in [6.45, 7) is 12.3. The Labute approximate surface area is 122 Å². The molecule has 0 amide bonds. The molecule has 4 nitrogen and oxygen atoms in total. The topological polar surface area (TPSA) is 51.4 Å². The first-order valence-electron chi connectivity index (χ1n) is 7.33. The zero-order valence-electron chi connectivity index (χ0n) is 13.3. The van der Waals surface area contributed by atoms with Crippen molar-refractivity contribution >= 4 is 5.82 Å². The first kappa shape index (κ1) is 15.3. The lowest BCUT2D eigenvalue weighted by atomic mass is 9.98. The molecule has 0 saturated carbocycles. The number of morpholine rings is 1. The third-order valence-electron chi connectivity index (χ3n) is 3.40. The minimum absolute atomic E-state index is 0.139. The molecule has 112 valence electrons. The van der Waals surface area contributed by atoms with Crippen LogP contribution in [0.3, 0.4) is 0 Å². The van der Waals surface area contributed by atoms with Crippen LogP contribution in [0.4, 0.5) is 5.82 Å². The first-order chi connectivity index (χ1) is 9.19. The molecule has 0 aromatic carbocycles. The fourth-order valence-electron chi connectivity index (χ4n) is 3.16. The highest BCUT2D eigenvalue weighted by Crippen LogP contribution is 2.32. The van der Waals surface area contributed by atoms with E-state index in [4.69, 9.17) is 10.5 Å². The van der Waals surface area contributed by atoms with Crippen LogP contribution >= 0.6 is 0 Å². The molecule has 1 atom stereocenters. The maximum absolute atomic E-state index is 6.14. The molecule has 1 saturated heterocycles. The average Bonchev–Trinajstić information content (AvgIpc) is 2.24. The molecule has 1 fully saturated rings. The van der Waals surface area contributed by atoms with Gasteiger partial charge in [-0.1, -0.05) is 6.07 Å². The minimum atomic E-state index is -0.176. The van der Waals surface area contributed by atoms with E-state index in [1.54, 1.807) is 0 Å². The molecule has 0 aliphatic carbocycles. The van der Waals surface area contributed by atoms with Crippen molar-refractivity contribution in [2.45, 2.75) is 58.3 Å². The molecule has 2 N–H and O–H groups in total. The zero-order chi connectivity index (χ0) is 15.0. The van der Waals surface area contributed by atoms with Gasteiger partial charge in [-0.3, -0.25) is 0 Å². The predicted molar refractivity (Wildman–Crippen MR) is 83.0 cm³/mol. The third kappa shape index (κ3) is 3.70. The lowest BCUT2D eigenvalue weighted by molar-refractivity contribution is -0.133. The van der Waals surface area contributed by atoms with Crippen LogP contribution in [-0.4, -0.2) is 35.3 Å². The van der Waals surface area contributed by atoms with E-state index in [1.165, 1.54) is 5.56 Å². The summed E-state index contributed by atoms with van der Waals surface area (Å²) in [6, 6.07) is 4.25. The third-order valence-corrected chi connectivity index (χ3v) is 3.40. The highest BCUT2D eigenvalue weighted by molar-refractivity contribution is 5.48. The fourth-order valence-corrected chi connectivity index (χ4v) is 3.16. The van der Waals surface area contributed by atoms with E-state index < -0.39 is 0 Å². The van der Waals surface area contributed by atoms with Crippen molar-refractivity contribution in [1.82, 2.24) is 4.98 Å². The van der Waals surface area contributed by atoms with Gasteiger partial charge < -0.3 is 15.4 Å². The van der Waals surface area contributed by atoms with Crippen LogP contribution in [0.15, 0.2) is 18.3 Å². The Bertz CT molecular complexity index is 453. The van der Waals surface area contributed by atoms with Crippen LogP contribution in [0.5, 0.6) is 0 Å². The summed E-state index contributed by atoms with van der Waals surface area (Å²) >= 11 is 0. The van der Waals surface area contributed by atoms with E-state index in [2.05, 4.69) is 43.6 Å². The molecule has 1 aliphatic rings. The normalized spacial score (nSPS) is 22.6. The molecule has 0 radical (unpaired) electrons. The second-order valence-corrected chi connectivity index (χ2v) is 7.15. The van der Waals surface area contributed by atoms with E-state index in [1.807, 2.05) is 19.2 Å². The zero-order valence-corrected chi connectivity index (χ0v) is 13.3. The second-order valence-electron chi connectivity index (χ2n) is 7.15. The number of anilines is 1. The Balaban J connectivity index is 2.31. The van der Waals surface area contributed by atoms with Crippen LogP contribution in [0.2, 0.25) is 0 Å². The fraction of sp³-hybridized carbons (Fsp3) is 0.688. The van der Waals surface area contributed by atoms with Crippen molar-refractivity contribution in [3.05, 3.63) is 23.9 Å². The molecule has 1 aromatic rings. The van der Waals surface area contributed by atoms with Crippen molar-refractivity contribution < 1.29 is 4.74 Å². The predicted octanol–water partition coefficient (Wildman–Crippen LogP) is 2.37. The summed E-state index contributed by atoms with van der Waals surface area (Å²) in [5.74, 6) is 1.05. The molecule has 0 bridgehead atoms. The minimum Gasteiger partial charge on any atom is -0.366 e. The van der Waals surface area contributed by atoms with Gasteiger partial charge in [-0.25, -0.2) is 4.98 Å². The van der Waals surface area contributed by atoms with Crippen molar-refractivity contribution in [2.24, 2.45) is 5.73 Å². The number of ether oxygens (including phenoxy) is 1. The average molecular weight is 277 g/mol. The van der Waals surface area contributed by atoms with Gasteiger partial charge in [-0.2, -0.15) is 0 Å².